The maximum atomic E-state index is 14.2. The lowest BCUT2D eigenvalue weighted by atomic mass is 9.12. The van der Waals surface area contributed by atoms with Gasteiger partial charge in [-0.2, -0.15) is 132 Å². The highest BCUT2D eigenvalue weighted by atomic mass is 19.4. The van der Waals surface area contributed by atoms with Crippen LogP contribution in [0.2, 0.25) is 0 Å². The van der Waals surface area contributed by atoms with Crippen LogP contribution in [-0.4, -0.2) is 21.8 Å². The molecule has 0 spiro atoms. The highest BCUT2D eigenvalue weighted by Gasteiger charge is 2.47. The van der Waals surface area contributed by atoms with E-state index in [1.807, 2.05) is 18.2 Å². The Morgan fingerprint density at radius 2 is 0.741 bits per heavy atom. The number of ketones is 1. The minimum atomic E-state index is -6.13. The molecular weight excluding hydrogens is 1160 g/mol. The molecule has 430 valence electrons. The van der Waals surface area contributed by atoms with Crippen LogP contribution in [0.25, 0.3) is 11.3 Å². The highest BCUT2D eigenvalue weighted by molar-refractivity contribution is 7.20. The Balaban J connectivity index is 0.000000363. The van der Waals surface area contributed by atoms with Gasteiger partial charge in [-0.1, -0.05) is 84.9 Å². The van der Waals surface area contributed by atoms with E-state index in [0.717, 1.165) is 0 Å². The number of hydrogen-bond donors (Lipinski definition) is 0. The van der Waals surface area contributed by atoms with Crippen molar-refractivity contribution in [1.29, 1.82) is 0 Å². The molecule has 0 fully saturated rings. The molecule has 1 aromatic heterocycles. The molecule has 0 atom stereocenters. The van der Waals surface area contributed by atoms with Crippen molar-refractivity contribution in [2.75, 3.05) is 0 Å². The molecule has 0 radical (unpaired) electrons. The number of aromatic nitrogens is 2. The third kappa shape index (κ3) is 14.3. The van der Waals surface area contributed by atoms with E-state index >= 15 is 0 Å². The third-order valence-corrected chi connectivity index (χ3v) is 12.0. The SMILES string of the molecule is FC(F)(F)c1cc([B-](c2cc(C(F)(F)F)cc(C(F)(F)F)c2)(c2cc(C(F)(F)F)cc(C(F)(F)F)c2)c2cc(C(F)(F)F)cc(C(F)(F)F)c2)cc(C(F)(F)F)c1.O=C(C[n+]1ccncc1-c1cccc([N+](=O)[O-])c1)c1ccccc1. The quantitative estimate of drug-likeness (QED) is 0.0360. The largest absolute Gasteiger partial charge is 0.416 e. The number of Topliss-reactive ketones (excluding diaryl/α,β-unsaturated/α-hetero) is 1. The van der Waals surface area contributed by atoms with Gasteiger partial charge in [0.1, 0.15) is 6.15 Å². The summed E-state index contributed by atoms with van der Waals surface area (Å²) in [5, 5.41) is 11.0. The van der Waals surface area contributed by atoms with E-state index in [0.29, 0.717) is 16.8 Å². The number of alkyl halides is 24. The molecule has 0 N–H and O–H groups in total. The number of carbonyl (C=O) groups excluding carboxylic acids is 1. The highest BCUT2D eigenvalue weighted by Crippen LogP contribution is 2.41. The Kier molecular flexibility index (Phi) is 16.6. The van der Waals surface area contributed by atoms with Crippen molar-refractivity contribution in [2.24, 2.45) is 0 Å². The Labute approximate surface area is 437 Å². The van der Waals surface area contributed by atoms with Crippen LogP contribution in [0.5, 0.6) is 0 Å². The molecule has 0 aliphatic heterocycles. The molecule has 0 unspecified atom stereocenters. The van der Waals surface area contributed by atoms with E-state index in [1.165, 1.54) is 12.1 Å². The van der Waals surface area contributed by atoms with Crippen LogP contribution in [0.15, 0.2) is 146 Å². The first-order chi connectivity index (χ1) is 36.9. The zero-order chi connectivity index (χ0) is 60.9. The standard InChI is InChI=1S/C32H12BF24.C18H14N3O3/c34-25(35,36)13-1-14(26(37,38)39)6-21(5-13)33(22-7-15(27(40,41)42)2-16(8-22)28(43,44)45,23-9-17(29(46,47)48)3-18(10-23)30(49,50)51)24-11-19(31(52,53)54)4-20(12-24)32(55,56)57;22-18(14-5-2-1-3-6-14)13-20-10-9-19-12-17(20)15-7-4-8-16(11-15)21(23)24/h1-12H;1-12H,13H2/q-1;+1. The summed E-state index contributed by atoms with van der Waals surface area (Å²) < 4.78 is 343. The Hall–Kier alpha value is -8.15. The maximum Gasteiger partial charge on any atom is 0.416 e. The number of carbonyl (C=O) groups is 1. The molecule has 0 aliphatic rings. The molecule has 31 heteroatoms. The van der Waals surface area contributed by atoms with Gasteiger partial charge in [0, 0.05) is 17.7 Å². The zero-order valence-electron chi connectivity index (χ0n) is 39.3. The Morgan fingerprint density at radius 1 is 0.432 bits per heavy atom. The average molecular weight is 1180 g/mol. The van der Waals surface area contributed by atoms with Crippen molar-refractivity contribution >= 4 is 39.5 Å². The van der Waals surface area contributed by atoms with Gasteiger partial charge in [0.15, 0.2) is 6.20 Å². The van der Waals surface area contributed by atoms with Gasteiger partial charge < -0.3 is 0 Å². The second-order valence-electron chi connectivity index (χ2n) is 17.4. The van der Waals surface area contributed by atoms with E-state index in [9.17, 15) is 120 Å². The van der Waals surface area contributed by atoms with Crippen molar-refractivity contribution in [3.63, 3.8) is 0 Å². The van der Waals surface area contributed by atoms with Crippen LogP contribution in [0.4, 0.5) is 111 Å². The minimum absolute atomic E-state index is 0.00251. The number of non-ortho nitro benzene ring substituents is 1. The Bertz CT molecular complexity index is 3030. The van der Waals surface area contributed by atoms with Crippen LogP contribution in [0.1, 0.15) is 54.9 Å². The molecule has 7 rings (SSSR count). The lowest BCUT2D eigenvalue weighted by Gasteiger charge is -2.46. The fourth-order valence-corrected chi connectivity index (χ4v) is 8.48. The first kappa shape index (κ1) is 62.1. The van der Waals surface area contributed by atoms with Gasteiger partial charge in [-0.15, -0.1) is 0 Å². The average Bonchev–Trinajstić information content (AvgIpc) is 3.36. The second-order valence-corrected chi connectivity index (χ2v) is 17.4. The molecule has 1 heterocycles. The molecule has 0 saturated heterocycles. The first-order valence-corrected chi connectivity index (χ1v) is 21.9. The van der Waals surface area contributed by atoms with Crippen LogP contribution >= 0.6 is 0 Å². The van der Waals surface area contributed by atoms with Crippen molar-refractivity contribution in [3.8, 4) is 11.3 Å². The van der Waals surface area contributed by atoms with Crippen LogP contribution in [-0.2, 0) is 56.0 Å². The van der Waals surface area contributed by atoms with Gasteiger partial charge in [0.25, 0.3) is 5.69 Å². The normalized spacial score (nSPS) is 13.1. The summed E-state index contributed by atoms with van der Waals surface area (Å²) in [5.41, 5.74) is -28.3. The van der Waals surface area contributed by atoms with E-state index in [2.05, 4.69) is 4.98 Å². The number of nitro benzene ring substituents is 1. The number of nitro groups is 1. The third-order valence-electron chi connectivity index (χ3n) is 12.0. The summed E-state index contributed by atoms with van der Waals surface area (Å²) in [6, 6.07) is 6.46. The van der Waals surface area contributed by atoms with E-state index in [-0.39, 0.29) is 18.0 Å². The van der Waals surface area contributed by atoms with Gasteiger partial charge >= 0.3 is 49.4 Å². The maximum absolute atomic E-state index is 14.2. The van der Waals surface area contributed by atoms with Crippen LogP contribution in [0.3, 0.4) is 0 Å². The topological polar surface area (TPSA) is 77.0 Å². The summed E-state index contributed by atoms with van der Waals surface area (Å²) >= 11 is 0. The number of benzene rings is 6. The van der Waals surface area contributed by atoms with E-state index < -0.39 is 200 Å². The molecule has 6 aromatic carbocycles. The zero-order valence-corrected chi connectivity index (χ0v) is 39.3. The molecule has 0 bridgehead atoms. The fraction of sp³-hybridized carbons (Fsp3) is 0.180. The van der Waals surface area contributed by atoms with Crippen LogP contribution < -0.4 is 26.4 Å². The summed E-state index contributed by atoms with van der Waals surface area (Å²) in [6.45, 7) is 0.130. The summed E-state index contributed by atoms with van der Waals surface area (Å²) in [7, 11) is 0. The molecule has 0 saturated carbocycles. The lowest BCUT2D eigenvalue weighted by Crippen LogP contribution is -2.75. The van der Waals surface area contributed by atoms with Gasteiger partial charge in [-0.05, 0) is 30.3 Å². The molecular formula is C50H26BF24N3O3. The van der Waals surface area contributed by atoms with Gasteiger partial charge in [-0.25, -0.2) is 0 Å². The monoisotopic (exact) mass is 1180 g/mol. The predicted octanol–water partition coefficient (Wildman–Crippen LogP) is 14.0. The minimum Gasteiger partial charge on any atom is -0.287 e. The van der Waals surface area contributed by atoms with Crippen molar-refractivity contribution < 1.29 is 120 Å². The lowest BCUT2D eigenvalue weighted by molar-refractivity contribution is -0.672. The van der Waals surface area contributed by atoms with Gasteiger partial charge in [0.2, 0.25) is 18.0 Å². The van der Waals surface area contributed by atoms with Crippen molar-refractivity contribution in [3.05, 3.63) is 206 Å². The van der Waals surface area contributed by atoms with E-state index in [1.54, 1.807) is 47.4 Å². The van der Waals surface area contributed by atoms with Gasteiger partial charge in [0.05, 0.1) is 67.4 Å². The number of nitrogens with zero attached hydrogens (tertiary/aromatic N) is 3. The first-order valence-electron chi connectivity index (χ1n) is 21.9. The second kappa shape index (κ2) is 21.7. The molecule has 0 aliphatic carbocycles. The Morgan fingerprint density at radius 3 is 1.02 bits per heavy atom. The predicted molar refractivity (Wildman–Crippen MR) is 237 cm³/mol. The molecule has 6 nitrogen and oxygen atoms in total. The number of rotatable bonds is 9. The molecule has 7 aromatic rings. The van der Waals surface area contributed by atoms with Crippen molar-refractivity contribution in [1.82, 2.24) is 4.98 Å². The van der Waals surface area contributed by atoms with Crippen LogP contribution in [0, 0.1) is 10.1 Å². The number of hydrogen-bond acceptors (Lipinski definition) is 4. The van der Waals surface area contributed by atoms with E-state index in [4.69, 9.17) is 0 Å². The summed E-state index contributed by atoms with van der Waals surface area (Å²) in [4.78, 5) is 27.0. The summed E-state index contributed by atoms with van der Waals surface area (Å²) in [6.07, 6.45) is -49.9. The fourth-order valence-electron chi connectivity index (χ4n) is 8.48. The smallest absolute Gasteiger partial charge is 0.287 e. The van der Waals surface area contributed by atoms with Crippen molar-refractivity contribution in [2.45, 2.75) is 56.0 Å². The summed E-state index contributed by atoms with van der Waals surface area (Å²) in [5.74, 6) is -0.0431. The molecule has 81 heavy (non-hydrogen) atoms. The molecule has 0 amide bonds. The van der Waals surface area contributed by atoms with Gasteiger partial charge in [-0.3, -0.25) is 19.9 Å². The number of halogens is 24.